The Morgan fingerprint density at radius 3 is 2.39 bits per heavy atom. The molecular weight excluding hydrogens is 408 g/mol. The van der Waals surface area contributed by atoms with Crippen LogP contribution in [0.4, 0.5) is 0 Å². The number of carbonyl (C=O) groups is 1. The summed E-state index contributed by atoms with van der Waals surface area (Å²) in [4.78, 5) is 12.3. The first-order chi connectivity index (χ1) is 15.5. The lowest BCUT2D eigenvalue weighted by atomic mass is 9.43. The quantitative estimate of drug-likeness (QED) is 0.424. The first-order valence-corrected chi connectivity index (χ1v) is 14.3. The minimum absolute atomic E-state index is 0.0548. The smallest absolute Gasteiger partial charge is 0.302 e. The van der Waals surface area contributed by atoms with Crippen molar-refractivity contribution < 1.29 is 14.6 Å². The molecule has 0 radical (unpaired) electrons. The molecule has 3 heteroatoms. The molecule has 0 aromatic rings. The van der Waals surface area contributed by atoms with Gasteiger partial charge in [0.25, 0.3) is 0 Å². The van der Waals surface area contributed by atoms with E-state index < -0.39 is 0 Å². The van der Waals surface area contributed by atoms with E-state index in [1.165, 1.54) is 38.5 Å². The van der Waals surface area contributed by atoms with Gasteiger partial charge in [0, 0.05) is 12.8 Å². The Morgan fingerprint density at radius 1 is 1.00 bits per heavy atom. The average Bonchev–Trinajstić information content (AvgIpc) is 3.08. The molecule has 4 aliphatic rings. The molecule has 0 heterocycles. The molecule has 3 nitrogen and oxygen atoms in total. The molecule has 0 aliphatic heterocycles. The van der Waals surface area contributed by atoms with E-state index in [9.17, 15) is 9.90 Å². The van der Waals surface area contributed by atoms with E-state index >= 15 is 0 Å². The second kappa shape index (κ2) is 9.47. The third-order valence-corrected chi connectivity index (χ3v) is 11.8. The number of hydrogen-bond donors (Lipinski definition) is 1. The molecule has 0 spiro atoms. The van der Waals surface area contributed by atoms with Crippen LogP contribution in [0.5, 0.6) is 0 Å². The lowest BCUT2D eigenvalue weighted by molar-refractivity contribution is -0.199. The number of rotatable bonds is 6. The number of aliphatic hydroxyl groups excluding tert-OH is 1. The van der Waals surface area contributed by atoms with E-state index in [1.54, 1.807) is 6.92 Å². The predicted octanol–water partition coefficient (Wildman–Crippen LogP) is 7.26. The summed E-state index contributed by atoms with van der Waals surface area (Å²) in [7, 11) is 0. The number of fused-ring (bicyclic) bond motifs is 5. The van der Waals surface area contributed by atoms with Gasteiger partial charge in [-0.2, -0.15) is 0 Å². The molecular formula is C30H52O3. The van der Waals surface area contributed by atoms with Gasteiger partial charge in [-0.25, -0.2) is 0 Å². The number of carbonyl (C=O) groups excluding carboxylic acids is 1. The van der Waals surface area contributed by atoms with Crippen molar-refractivity contribution in [1.29, 1.82) is 0 Å². The Labute approximate surface area is 203 Å². The normalized spacial score (nSPS) is 46.8. The lowest BCUT2D eigenvalue weighted by Crippen LogP contribution is -2.60. The van der Waals surface area contributed by atoms with Crippen molar-refractivity contribution >= 4 is 5.97 Å². The lowest BCUT2D eigenvalue weighted by Gasteiger charge is -2.63. The monoisotopic (exact) mass is 460 g/mol. The van der Waals surface area contributed by atoms with Crippen LogP contribution >= 0.6 is 0 Å². The molecule has 4 saturated carbocycles. The molecule has 4 aliphatic carbocycles. The second-order valence-corrected chi connectivity index (χ2v) is 13.8. The van der Waals surface area contributed by atoms with E-state index in [1.807, 2.05) is 0 Å². The topological polar surface area (TPSA) is 46.5 Å². The molecule has 1 N–H and O–H groups in total. The van der Waals surface area contributed by atoms with Crippen molar-refractivity contribution in [2.24, 2.45) is 58.2 Å². The maximum absolute atomic E-state index is 12.3. The van der Waals surface area contributed by atoms with Gasteiger partial charge >= 0.3 is 5.97 Å². The largest absolute Gasteiger partial charge is 0.462 e. The van der Waals surface area contributed by atoms with E-state index in [4.69, 9.17) is 4.74 Å². The summed E-state index contributed by atoms with van der Waals surface area (Å²) in [5, 5.41) is 10.4. The highest BCUT2D eigenvalue weighted by Gasteiger charge is 2.64. The van der Waals surface area contributed by atoms with Crippen molar-refractivity contribution in [3.8, 4) is 0 Å². The molecule has 0 amide bonds. The SMILES string of the molecule is CC(=O)OC1CC2(C)C(CCC2[C@H](C)CC[C@H](C)C(C)C)C2CC[C@H]3CC(O)CCC3(C)C12. The fourth-order valence-electron chi connectivity index (χ4n) is 9.68. The van der Waals surface area contributed by atoms with Gasteiger partial charge in [-0.15, -0.1) is 0 Å². The molecule has 0 aromatic carbocycles. The molecule has 4 fully saturated rings. The zero-order valence-corrected chi connectivity index (χ0v) is 22.6. The van der Waals surface area contributed by atoms with Crippen LogP contribution in [0, 0.1) is 58.2 Å². The maximum Gasteiger partial charge on any atom is 0.302 e. The molecule has 190 valence electrons. The van der Waals surface area contributed by atoms with Crippen molar-refractivity contribution in [3.63, 3.8) is 0 Å². The van der Waals surface area contributed by atoms with E-state index in [0.29, 0.717) is 23.2 Å². The fourth-order valence-corrected chi connectivity index (χ4v) is 9.68. The highest BCUT2D eigenvalue weighted by Crippen LogP contribution is 2.68. The summed E-state index contributed by atoms with van der Waals surface area (Å²) in [5.74, 6) is 5.45. The van der Waals surface area contributed by atoms with Crippen molar-refractivity contribution in [2.75, 3.05) is 0 Å². The van der Waals surface area contributed by atoms with Crippen molar-refractivity contribution in [1.82, 2.24) is 0 Å². The van der Waals surface area contributed by atoms with E-state index in [-0.39, 0.29) is 23.6 Å². The van der Waals surface area contributed by atoms with Gasteiger partial charge in [-0.3, -0.25) is 4.79 Å². The van der Waals surface area contributed by atoms with Crippen LogP contribution < -0.4 is 0 Å². The molecule has 33 heavy (non-hydrogen) atoms. The van der Waals surface area contributed by atoms with Gasteiger partial charge in [-0.1, -0.05) is 54.4 Å². The molecule has 0 saturated heterocycles. The average molecular weight is 461 g/mol. The number of esters is 1. The third-order valence-electron chi connectivity index (χ3n) is 11.8. The summed E-state index contributed by atoms with van der Waals surface area (Å²) in [6, 6.07) is 0. The van der Waals surface area contributed by atoms with Crippen molar-refractivity contribution in [2.45, 2.75) is 125 Å². The Bertz CT molecular complexity index is 703. The van der Waals surface area contributed by atoms with Gasteiger partial charge in [0.15, 0.2) is 0 Å². The molecule has 11 atom stereocenters. The van der Waals surface area contributed by atoms with Gasteiger partial charge < -0.3 is 9.84 Å². The summed E-state index contributed by atoms with van der Waals surface area (Å²) in [6.07, 6.45) is 11.8. The number of hydrogen-bond acceptors (Lipinski definition) is 3. The minimum atomic E-state index is -0.134. The Morgan fingerprint density at radius 2 is 1.73 bits per heavy atom. The van der Waals surface area contributed by atoms with Gasteiger partial charge in [0.1, 0.15) is 6.10 Å². The van der Waals surface area contributed by atoms with Crippen LogP contribution in [0.15, 0.2) is 0 Å². The number of ether oxygens (including phenoxy) is 1. The van der Waals surface area contributed by atoms with Crippen LogP contribution in [-0.2, 0) is 9.53 Å². The molecule has 4 rings (SSSR count). The third kappa shape index (κ3) is 4.54. The van der Waals surface area contributed by atoms with Gasteiger partial charge in [-0.05, 0) is 104 Å². The summed E-state index contributed by atoms with van der Waals surface area (Å²) in [5.41, 5.74) is 0.499. The predicted molar refractivity (Wildman–Crippen MR) is 135 cm³/mol. The molecule has 0 bridgehead atoms. The summed E-state index contributed by atoms with van der Waals surface area (Å²) in [6.45, 7) is 16.3. The van der Waals surface area contributed by atoms with Crippen LogP contribution in [0.2, 0.25) is 0 Å². The van der Waals surface area contributed by atoms with E-state index in [0.717, 1.165) is 55.3 Å². The maximum atomic E-state index is 12.3. The minimum Gasteiger partial charge on any atom is -0.462 e. The van der Waals surface area contributed by atoms with Crippen LogP contribution in [0.3, 0.4) is 0 Å². The Hall–Kier alpha value is -0.570. The number of aliphatic hydroxyl groups is 1. The van der Waals surface area contributed by atoms with E-state index in [2.05, 4.69) is 41.5 Å². The first-order valence-electron chi connectivity index (χ1n) is 14.3. The highest BCUT2D eigenvalue weighted by molar-refractivity contribution is 5.66. The zero-order valence-electron chi connectivity index (χ0n) is 22.6. The Kier molecular flexibility index (Phi) is 7.33. The first kappa shape index (κ1) is 25.5. The van der Waals surface area contributed by atoms with Gasteiger partial charge in [0.2, 0.25) is 0 Å². The summed E-state index contributed by atoms with van der Waals surface area (Å²) >= 11 is 0. The molecule has 8 unspecified atom stereocenters. The fraction of sp³-hybridized carbons (Fsp3) is 0.967. The molecule has 0 aromatic heterocycles. The zero-order chi connectivity index (χ0) is 24.1. The summed E-state index contributed by atoms with van der Waals surface area (Å²) < 4.78 is 6.23. The van der Waals surface area contributed by atoms with Gasteiger partial charge in [0.05, 0.1) is 6.10 Å². The highest BCUT2D eigenvalue weighted by atomic mass is 16.5. The van der Waals surface area contributed by atoms with Crippen molar-refractivity contribution in [3.05, 3.63) is 0 Å². The van der Waals surface area contributed by atoms with Crippen LogP contribution in [0.1, 0.15) is 113 Å². The Balaban J connectivity index is 1.59. The van der Waals surface area contributed by atoms with Crippen LogP contribution in [0.25, 0.3) is 0 Å². The van der Waals surface area contributed by atoms with Crippen LogP contribution in [-0.4, -0.2) is 23.3 Å². The standard InChI is InChI=1S/C30H52O3/c1-18(2)19(3)8-9-20(4)25-12-13-26-24-11-10-22-16-23(32)14-15-29(22,6)28(24)27(33-21(5)31)17-30(25,26)7/h18-20,22-28,32H,8-17H2,1-7H3/t19-,20+,22-,23?,24?,25?,26?,27?,28?,29?,30?/m0/s1. The second-order valence-electron chi connectivity index (χ2n) is 13.8.